The molecule has 154 valence electrons. The number of carbonyl (C=O) groups excluding carboxylic acids is 1. The monoisotopic (exact) mass is 430 g/mol. The van der Waals surface area contributed by atoms with Crippen LogP contribution in [0.25, 0.3) is 16.0 Å². The third-order valence-corrected chi connectivity index (χ3v) is 4.98. The number of carbonyl (C=O) groups is 1. The van der Waals surface area contributed by atoms with Gasteiger partial charge in [0.15, 0.2) is 11.6 Å². The van der Waals surface area contributed by atoms with E-state index in [0.29, 0.717) is 46.6 Å². The van der Waals surface area contributed by atoms with Crippen molar-refractivity contribution in [3.05, 3.63) is 94.3 Å². The van der Waals surface area contributed by atoms with Crippen molar-refractivity contribution in [2.75, 3.05) is 13.1 Å². The molecule has 0 unspecified atom stereocenters. The first-order valence-electron chi connectivity index (χ1n) is 9.72. The Kier molecular flexibility index (Phi) is 6.16. The van der Waals surface area contributed by atoms with Gasteiger partial charge in [0.1, 0.15) is 12.4 Å². The molecule has 0 fully saturated rings. The van der Waals surface area contributed by atoms with Crippen LogP contribution in [-0.2, 0) is 6.61 Å². The van der Waals surface area contributed by atoms with Crippen molar-refractivity contribution in [3.8, 4) is 16.9 Å². The maximum absolute atomic E-state index is 13.3. The predicted molar refractivity (Wildman–Crippen MR) is 122 cm³/mol. The molecular weight excluding hydrogens is 412 g/mol. The fraction of sp³-hybridized carbons (Fsp3) is 0.125. The van der Waals surface area contributed by atoms with Gasteiger partial charge < -0.3 is 10.1 Å². The zero-order valence-electron chi connectivity index (χ0n) is 16.6. The lowest BCUT2D eigenvalue weighted by molar-refractivity contribution is 0.0972. The molecule has 3 aromatic carbocycles. The fourth-order valence-corrected chi connectivity index (χ4v) is 3.52. The number of halogens is 1. The molecule has 7 heteroatoms. The Labute approximate surface area is 185 Å². The highest BCUT2D eigenvalue weighted by Crippen LogP contribution is 2.40. The molecular formula is C24H19ClN4O2. The summed E-state index contributed by atoms with van der Waals surface area (Å²) in [5, 5.41) is 6.33. The molecule has 31 heavy (non-hydrogen) atoms. The van der Waals surface area contributed by atoms with Crippen LogP contribution in [0.5, 0.6) is 5.75 Å². The summed E-state index contributed by atoms with van der Waals surface area (Å²) >= 11 is 6.20. The van der Waals surface area contributed by atoms with Gasteiger partial charge in [-0.05, 0) is 29.3 Å². The van der Waals surface area contributed by atoms with E-state index in [1.54, 1.807) is 30.3 Å². The highest BCUT2D eigenvalue weighted by atomic mass is 35.5. The molecule has 0 atom stereocenters. The number of hydrogen-bond donors (Lipinski definition) is 2. The van der Waals surface area contributed by atoms with Crippen molar-refractivity contribution >= 4 is 29.2 Å². The van der Waals surface area contributed by atoms with E-state index in [9.17, 15) is 4.79 Å². The van der Waals surface area contributed by atoms with Gasteiger partial charge in [-0.1, -0.05) is 60.1 Å². The molecule has 0 bridgehead atoms. The molecule has 4 rings (SSSR count). The summed E-state index contributed by atoms with van der Waals surface area (Å²) in [7, 11) is 0. The molecule has 1 heterocycles. The Morgan fingerprint density at radius 1 is 1.16 bits per heavy atom. The van der Waals surface area contributed by atoms with Crippen molar-refractivity contribution in [1.29, 1.82) is 0 Å². The summed E-state index contributed by atoms with van der Waals surface area (Å²) in [6.07, 6.45) is 0. The molecule has 6 nitrogen and oxygen atoms in total. The van der Waals surface area contributed by atoms with Gasteiger partial charge in [-0.2, -0.15) is 0 Å². The van der Waals surface area contributed by atoms with Gasteiger partial charge in [-0.15, -0.1) is 0 Å². The summed E-state index contributed by atoms with van der Waals surface area (Å²) in [6.45, 7) is 9.18. The lowest BCUT2D eigenvalue weighted by Gasteiger charge is -2.18. The summed E-state index contributed by atoms with van der Waals surface area (Å²) < 4.78 is 6.04. The number of hydrogen-bond acceptors (Lipinski definition) is 4. The second-order valence-electron chi connectivity index (χ2n) is 6.84. The highest BCUT2D eigenvalue weighted by molar-refractivity contribution is 6.31. The van der Waals surface area contributed by atoms with Crippen LogP contribution in [0.1, 0.15) is 15.9 Å². The van der Waals surface area contributed by atoms with Crippen molar-refractivity contribution in [2.24, 2.45) is 4.99 Å². The maximum Gasteiger partial charge on any atom is 0.261 e. The second kappa shape index (κ2) is 9.33. The quantitative estimate of drug-likeness (QED) is 0.570. The van der Waals surface area contributed by atoms with E-state index in [2.05, 4.69) is 20.5 Å². The second-order valence-corrected chi connectivity index (χ2v) is 7.28. The smallest absolute Gasteiger partial charge is 0.261 e. The van der Waals surface area contributed by atoms with Gasteiger partial charge in [0, 0.05) is 17.1 Å². The van der Waals surface area contributed by atoms with Crippen LogP contribution < -0.4 is 15.4 Å². The summed E-state index contributed by atoms with van der Waals surface area (Å²) in [4.78, 5) is 21.2. The molecule has 1 aliphatic rings. The SMILES string of the molecule is [C-]#[N+]c1ccc(OCc2ccccc2)c(C(=O)NC2=NCCN2)c1-c1cccc(Cl)c1. The third kappa shape index (κ3) is 4.68. The zero-order chi connectivity index (χ0) is 21.6. The molecule has 0 radical (unpaired) electrons. The van der Waals surface area contributed by atoms with Gasteiger partial charge in [0.05, 0.1) is 18.7 Å². The van der Waals surface area contributed by atoms with Crippen molar-refractivity contribution in [1.82, 2.24) is 10.6 Å². The minimum Gasteiger partial charge on any atom is -0.488 e. The van der Waals surface area contributed by atoms with Gasteiger partial charge in [-0.25, -0.2) is 4.85 Å². The van der Waals surface area contributed by atoms with Crippen molar-refractivity contribution in [3.63, 3.8) is 0 Å². The summed E-state index contributed by atoms with van der Waals surface area (Å²) in [5.41, 5.74) is 2.70. The van der Waals surface area contributed by atoms with E-state index >= 15 is 0 Å². The molecule has 1 amide bonds. The molecule has 0 saturated carbocycles. The van der Waals surface area contributed by atoms with Crippen LogP contribution in [0.3, 0.4) is 0 Å². The van der Waals surface area contributed by atoms with E-state index in [1.807, 2.05) is 36.4 Å². The third-order valence-electron chi connectivity index (χ3n) is 4.75. The normalized spacial score (nSPS) is 12.5. The summed E-state index contributed by atoms with van der Waals surface area (Å²) in [6, 6.07) is 20.1. The largest absolute Gasteiger partial charge is 0.488 e. The lowest BCUT2D eigenvalue weighted by Crippen LogP contribution is -2.38. The Balaban J connectivity index is 1.80. The van der Waals surface area contributed by atoms with Crippen molar-refractivity contribution in [2.45, 2.75) is 6.61 Å². The van der Waals surface area contributed by atoms with Crippen LogP contribution >= 0.6 is 11.6 Å². The van der Waals surface area contributed by atoms with E-state index in [-0.39, 0.29) is 12.2 Å². The zero-order valence-corrected chi connectivity index (χ0v) is 17.3. The number of benzene rings is 3. The van der Waals surface area contributed by atoms with E-state index in [4.69, 9.17) is 22.9 Å². The van der Waals surface area contributed by atoms with Crippen LogP contribution in [0.15, 0.2) is 71.7 Å². The van der Waals surface area contributed by atoms with E-state index in [1.165, 1.54) is 0 Å². The number of nitrogens with zero attached hydrogens (tertiary/aromatic N) is 2. The number of aliphatic imine (C=N–C) groups is 1. The fourth-order valence-electron chi connectivity index (χ4n) is 3.33. The van der Waals surface area contributed by atoms with E-state index in [0.717, 1.165) is 5.56 Å². The van der Waals surface area contributed by atoms with Gasteiger partial charge in [-0.3, -0.25) is 15.1 Å². The Hall–Kier alpha value is -3.82. The number of amides is 1. The molecule has 0 spiro atoms. The summed E-state index contributed by atoms with van der Waals surface area (Å²) in [5.74, 6) is 0.378. The predicted octanol–water partition coefficient (Wildman–Crippen LogP) is 4.83. The number of ether oxygens (including phenoxy) is 1. The van der Waals surface area contributed by atoms with Crippen LogP contribution in [0.4, 0.5) is 5.69 Å². The van der Waals surface area contributed by atoms with Gasteiger partial charge in [0.25, 0.3) is 5.91 Å². The lowest BCUT2D eigenvalue weighted by atomic mass is 9.96. The molecule has 0 saturated heterocycles. The Morgan fingerprint density at radius 2 is 2.00 bits per heavy atom. The van der Waals surface area contributed by atoms with Crippen molar-refractivity contribution < 1.29 is 9.53 Å². The minimum atomic E-state index is -0.406. The van der Waals surface area contributed by atoms with Crippen LogP contribution in [-0.4, -0.2) is 25.0 Å². The first-order valence-corrected chi connectivity index (χ1v) is 10.1. The Morgan fingerprint density at radius 3 is 2.71 bits per heavy atom. The standard InChI is InChI=1S/C24H19ClN4O2/c1-26-19-10-11-20(31-15-16-6-3-2-4-7-16)22(23(30)29-24-27-12-13-28-24)21(19)17-8-5-9-18(25)14-17/h2-11,14H,12-13,15H2,(H2,27,28,29,30). The first kappa shape index (κ1) is 20.5. The van der Waals surface area contributed by atoms with Crippen LogP contribution in [0, 0.1) is 6.57 Å². The topological polar surface area (TPSA) is 67.1 Å². The highest BCUT2D eigenvalue weighted by Gasteiger charge is 2.24. The van der Waals surface area contributed by atoms with E-state index < -0.39 is 5.91 Å². The number of nitrogens with one attached hydrogen (secondary N) is 2. The average molecular weight is 431 g/mol. The molecule has 2 N–H and O–H groups in total. The average Bonchev–Trinajstić information content (AvgIpc) is 3.30. The molecule has 0 aromatic heterocycles. The number of rotatable bonds is 5. The Bertz CT molecular complexity index is 1190. The number of guanidine groups is 1. The first-order chi connectivity index (χ1) is 15.2. The molecule has 3 aromatic rings. The van der Waals surface area contributed by atoms with Gasteiger partial charge in [0.2, 0.25) is 0 Å². The molecule has 0 aliphatic carbocycles. The minimum absolute atomic E-state index is 0.267. The maximum atomic E-state index is 13.3. The molecule has 1 aliphatic heterocycles. The van der Waals surface area contributed by atoms with Crippen LogP contribution in [0.2, 0.25) is 5.02 Å². The van der Waals surface area contributed by atoms with Gasteiger partial charge >= 0.3 is 0 Å².